The number of hydrogen-bond donors (Lipinski definition) is 0. The largest absolute Gasteiger partial charge is 0.378 e. The maximum Gasteiger partial charge on any atom is 0.244 e. The first-order valence-corrected chi connectivity index (χ1v) is 11.2. The van der Waals surface area contributed by atoms with Crippen LogP contribution < -0.4 is 0 Å². The Morgan fingerprint density at radius 2 is 1.90 bits per heavy atom. The molecule has 1 unspecified atom stereocenters. The highest BCUT2D eigenvalue weighted by atomic mass is 16.5. The van der Waals surface area contributed by atoms with E-state index in [4.69, 9.17) is 4.74 Å². The molecule has 1 aromatic rings. The quantitative estimate of drug-likeness (QED) is 0.758. The molecule has 1 aromatic heterocycles. The third kappa shape index (κ3) is 4.65. The van der Waals surface area contributed by atoms with Gasteiger partial charge in [-0.2, -0.15) is 5.10 Å². The number of hydrogen-bond acceptors (Lipinski definition) is 4. The van der Waals surface area contributed by atoms with Crippen LogP contribution in [0, 0.1) is 18.3 Å². The van der Waals surface area contributed by atoms with Gasteiger partial charge >= 0.3 is 0 Å². The molecular weight excluding hydrogens is 368 g/mol. The lowest BCUT2D eigenvalue weighted by Gasteiger charge is -2.38. The molecule has 3 aliphatic rings. The smallest absolute Gasteiger partial charge is 0.244 e. The minimum atomic E-state index is 0.153. The molecular formula is C22H34N4O3. The van der Waals surface area contributed by atoms with Crippen LogP contribution in [0.5, 0.6) is 0 Å². The van der Waals surface area contributed by atoms with E-state index in [2.05, 4.69) is 5.10 Å². The van der Waals surface area contributed by atoms with Gasteiger partial charge in [-0.25, -0.2) is 0 Å². The fraction of sp³-hybridized carbons (Fsp3) is 0.773. The molecule has 2 saturated heterocycles. The summed E-state index contributed by atoms with van der Waals surface area (Å²) in [5, 5.41) is 4.27. The van der Waals surface area contributed by atoms with Crippen molar-refractivity contribution in [2.75, 3.05) is 39.4 Å². The van der Waals surface area contributed by atoms with Gasteiger partial charge in [-0.15, -0.1) is 0 Å². The third-order valence-corrected chi connectivity index (χ3v) is 7.14. The van der Waals surface area contributed by atoms with E-state index in [0.29, 0.717) is 45.2 Å². The summed E-state index contributed by atoms with van der Waals surface area (Å²) in [6.45, 7) is 6.65. The van der Waals surface area contributed by atoms with Crippen LogP contribution in [0.2, 0.25) is 0 Å². The van der Waals surface area contributed by atoms with E-state index in [1.807, 2.05) is 22.9 Å². The molecule has 1 aliphatic carbocycles. The molecule has 1 atom stereocenters. The predicted molar refractivity (Wildman–Crippen MR) is 109 cm³/mol. The average Bonchev–Trinajstić information content (AvgIpc) is 3.30. The molecule has 1 saturated carbocycles. The second kappa shape index (κ2) is 8.86. The van der Waals surface area contributed by atoms with Crippen molar-refractivity contribution in [3.8, 4) is 0 Å². The number of morpholine rings is 1. The lowest BCUT2D eigenvalue weighted by molar-refractivity contribution is -0.135. The Hall–Kier alpha value is -1.89. The molecule has 0 radical (unpaired) electrons. The van der Waals surface area contributed by atoms with Gasteiger partial charge in [0.15, 0.2) is 0 Å². The molecule has 0 N–H and O–H groups in total. The van der Waals surface area contributed by atoms with Gasteiger partial charge < -0.3 is 14.5 Å². The Labute approximate surface area is 173 Å². The van der Waals surface area contributed by atoms with Crippen molar-refractivity contribution in [1.29, 1.82) is 0 Å². The van der Waals surface area contributed by atoms with Crippen LogP contribution in [0.25, 0.3) is 0 Å². The molecule has 0 bridgehead atoms. The van der Waals surface area contributed by atoms with Crippen molar-refractivity contribution in [3.63, 3.8) is 0 Å². The summed E-state index contributed by atoms with van der Waals surface area (Å²) >= 11 is 0. The number of ether oxygens (including phenoxy) is 1. The van der Waals surface area contributed by atoms with E-state index in [9.17, 15) is 9.59 Å². The highest BCUT2D eigenvalue weighted by Crippen LogP contribution is 2.49. The Morgan fingerprint density at radius 1 is 1.14 bits per heavy atom. The lowest BCUT2D eigenvalue weighted by atomic mass is 9.66. The van der Waals surface area contributed by atoms with Gasteiger partial charge in [0.25, 0.3) is 0 Å². The zero-order valence-electron chi connectivity index (χ0n) is 17.6. The maximum atomic E-state index is 13.0. The summed E-state index contributed by atoms with van der Waals surface area (Å²) in [7, 11) is 0. The molecule has 3 fully saturated rings. The molecule has 2 amide bonds. The van der Waals surface area contributed by atoms with Crippen molar-refractivity contribution in [1.82, 2.24) is 19.6 Å². The number of aryl methyl sites for hydroxylation is 1. The first-order valence-electron chi connectivity index (χ1n) is 11.2. The summed E-state index contributed by atoms with van der Waals surface area (Å²) < 4.78 is 7.10. The van der Waals surface area contributed by atoms with Gasteiger partial charge in [-0.05, 0) is 43.1 Å². The predicted octanol–water partition coefficient (Wildman–Crippen LogP) is 2.24. The highest BCUT2D eigenvalue weighted by Gasteiger charge is 2.47. The van der Waals surface area contributed by atoms with Crippen LogP contribution in [-0.2, 0) is 20.9 Å². The zero-order chi connectivity index (χ0) is 20.3. The molecule has 7 heteroatoms. The number of rotatable bonds is 5. The first-order chi connectivity index (χ1) is 14.1. The minimum absolute atomic E-state index is 0.153. The number of aromatic nitrogens is 2. The van der Waals surface area contributed by atoms with Crippen LogP contribution in [0.15, 0.2) is 12.4 Å². The van der Waals surface area contributed by atoms with Crippen molar-refractivity contribution in [2.24, 2.45) is 11.3 Å². The molecule has 7 nitrogen and oxygen atoms in total. The van der Waals surface area contributed by atoms with Gasteiger partial charge in [-0.3, -0.25) is 14.3 Å². The standard InChI is InChI=1S/C22H34N4O3/c1-18-13-23-26(14-18)16-21(28)25-15-19(22(17-25)7-3-2-4-8-22)5-6-20(27)24-9-11-29-12-10-24/h13-14,19H,2-12,15-17H2,1H3. The highest BCUT2D eigenvalue weighted by molar-refractivity contribution is 5.77. The monoisotopic (exact) mass is 402 g/mol. The summed E-state index contributed by atoms with van der Waals surface area (Å²) in [4.78, 5) is 29.6. The topological polar surface area (TPSA) is 67.7 Å². The molecule has 0 aromatic carbocycles. The van der Waals surface area contributed by atoms with Gasteiger partial charge in [0.2, 0.25) is 11.8 Å². The van der Waals surface area contributed by atoms with Crippen molar-refractivity contribution in [2.45, 2.75) is 58.4 Å². The Morgan fingerprint density at radius 3 is 2.59 bits per heavy atom. The van der Waals surface area contributed by atoms with Crippen LogP contribution in [0.3, 0.4) is 0 Å². The number of amides is 2. The molecule has 1 spiro atoms. The summed E-state index contributed by atoms with van der Waals surface area (Å²) in [5.74, 6) is 0.826. The summed E-state index contributed by atoms with van der Waals surface area (Å²) in [5.41, 5.74) is 1.28. The Kier molecular flexibility index (Phi) is 6.23. The van der Waals surface area contributed by atoms with E-state index in [1.54, 1.807) is 10.9 Å². The van der Waals surface area contributed by atoms with Crippen LogP contribution >= 0.6 is 0 Å². The Balaban J connectivity index is 1.39. The van der Waals surface area contributed by atoms with Crippen LogP contribution in [0.1, 0.15) is 50.5 Å². The minimum Gasteiger partial charge on any atom is -0.378 e. The van der Waals surface area contributed by atoms with E-state index in [-0.39, 0.29) is 17.2 Å². The fourth-order valence-electron chi connectivity index (χ4n) is 5.50. The molecule has 160 valence electrons. The number of nitrogens with zero attached hydrogens (tertiary/aromatic N) is 4. The zero-order valence-corrected chi connectivity index (χ0v) is 17.6. The molecule has 29 heavy (non-hydrogen) atoms. The van der Waals surface area contributed by atoms with Crippen molar-refractivity contribution < 1.29 is 14.3 Å². The number of likely N-dealkylation sites (tertiary alicyclic amines) is 1. The second-order valence-corrected chi connectivity index (χ2v) is 9.14. The molecule has 4 rings (SSSR count). The summed E-state index contributed by atoms with van der Waals surface area (Å²) in [6, 6.07) is 0. The SMILES string of the molecule is Cc1cnn(CC(=O)N2CC(CCC(=O)N3CCOCC3)C3(CCCCC3)C2)c1. The number of carbonyl (C=O) groups excluding carboxylic acids is 2. The molecule has 2 aliphatic heterocycles. The van der Waals surface area contributed by atoms with Gasteiger partial charge in [-0.1, -0.05) is 19.3 Å². The molecule has 3 heterocycles. The van der Waals surface area contributed by atoms with E-state index >= 15 is 0 Å². The summed E-state index contributed by atoms with van der Waals surface area (Å²) in [6.07, 6.45) is 11.4. The van der Waals surface area contributed by atoms with Crippen molar-refractivity contribution in [3.05, 3.63) is 18.0 Å². The van der Waals surface area contributed by atoms with Gasteiger partial charge in [0.1, 0.15) is 6.54 Å². The number of carbonyl (C=O) groups is 2. The third-order valence-electron chi connectivity index (χ3n) is 7.14. The van der Waals surface area contributed by atoms with Crippen LogP contribution in [-0.4, -0.2) is 70.8 Å². The normalized spacial score (nSPS) is 24.2. The van der Waals surface area contributed by atoms with E-state index in [1.165, 1.54) is 32.1 Å². The average molecular weight is 403 g/mol. The fourth-order valence-corrected chi connectivity index (χ4v) is 5.50. The van der Waals surface area contributed by atoms with Crippen molar-refractivity contribution >= 4 is 11.8 Å². The van der Waals surface area contributed by atoms with Gasteiger partial charge in [0, 0.05) is 38.8 Å². The lowest BCUT2D eigenvalue weighted by Crippen LogP contribution is -2.41. The van der Waals surface area contributed by atoms with E-state index < -0.39 is 0 Å². The van der Waals surface area contributed by atoms with Crippen LogP contribution in [0.4, 0.5) is 0 Å². The van der Waals surface area contributed by atoms with E-state index in [0.717, 1.165) is 25.1 Å². The second-order valence-electron chi connectivity index (χ2n) is 9.14. The van der Waals surface area contributed by atoms with Gasteiger partial charge in [0.05, 0.1) is 19.4 Å². The Bertz CT molecular complexity index is 719. The first kappa shape index (κ1) is 20.4. The maximum absolute atomic E-state index is 13.0.